The van der Waals surface area contributed by atoms with Gasteiger partial charge in [-0.05, 0) is 73.3 Å². The SMILES string of the molecule is C[C@H]1CO[C@@]2(C1)[C@@H](n1c[n+]([C@H]3[C@@H]4CC[C@@](C)(C4(C)C)[C@]34C[C@@H](C)CO4)c3ccccc31)[C@@H]1CC[C@@]2(C)C1(C)C. The lowest BCUT2D eigenvalue weighted by molar-refractivity contribution is -0.722. The number of rotatable bonds is 2. The maximum atomic E-state index is 7.09. The number of benzene rings is 1. The summed E-state index contributed by atoms with van der Waals surface area (Å²) >= 11 is 0. The van der Waals surface area contributed by atoms with Gasteiger partial charge >= 0.3 is 0 Å². The summed E-state index contributed by atoms with van der Waals surface area (Å²) in [6.07, 6.45) is 10.1. The molecule has 1 aromatic heterocycles. The zero-order valence-electron chi connectivity index (χ0n) is 25.7. The highest BCUT2D eigenvalue weighted by Gasteiger charge is 2.79. The van der Waals surface area contributed by atoms with Gasteiger partial charge in [-0.1, -0.05) is 67.5 Å². The molecule has 6 fully saturated rings. The molecule has 3 heterocycles. The number of nitrogens with zero attached hydrogens (tertiary/aromatic N) is 2. The topological polar surface area (TPSA) is 27.3 Å². The summed E-state index contributed by atoms with van der Waals surface area (Å²) in [6, 6.07) is 10.1. The molecule has 4 heteroatoms. The molecular weight excluding hydrogens is 480 g/mol. The Bertz CT molecular complexity index is 1260. The molecule has 212 valence electrons. The van der Waals surface area contributed by atoms with Crippen LogP contribution in [0.5, 0.6) is 0 Å². The van der Waals surface area contributed by atoms with Crippen LogP contribution in [-0.4, -0.2) is 29.0 Å². The largest absolute Gasteiger partial charge is 0.370 e. The van der Waals surface area contributed by atoms with E-state index < -0.39 is 0 Å². The van der Waals surface area contributed by atoms with Crippen molar-refractivity contribution >= 4 is 11.0 Å². The number of para-hydroxylation sites is 2. The third-order valence-electron chi connectivity index (χ3n) is 15.0. The summed E-state index contributed by atoms with van der Waals surface area (Å²) < 4.78 is 19.6. The van der Waals surface area contributed by atoms with Crippen LogP contribution in [0.4, 0.5) is 0 Å². The molecule has 4 aliphatic carbocycles. The Labute approximate surface area is 235 Å². The standard InChI is InChI=1S/C35H51N2O2/c1-22-17-34(38-19-22)28(24-13-15-32(34,7)30(24,3)4)36-21-37(27-12-10-9-11-26(27)36)29-25-14-16-33(8,31(25,5)6)35(29)18-23(2)20-39-35/h9-12,21-25,28-29H,13-20H2,1-8H3/q+1/t22-,23-,24+,25+,28+,29+,32+,33+,34+,35+/m1/s1. The number of imidazole rings is 1. The molecule has 4 saturated carbocycles. The zero-order valence-corrected chi connectivity index (χ0v) is 25.7. The maximum Gasteiger partial charge on any atom is 0.245 e. The van der Waals surface area contributed by atoms with Gasteiger partial charge in [0.15, 0.2) is 11.0 Å². The fraction of sp³-hybridized carbons (Fsp3) is 0.800. The fourth-order valence-electron chi connectivity index (χ4n) is 12.5. The molecule has 2 aromatic rings. The predicted molar refractivity (Wildman–Crippen MR) is 154 cm³/mol. The molecular formula is C35H51N2O2+. The average molecular weight is 532 g/mol. The van der Waals surface area contributed by atoms with Crippen molar-refractivity contribution < 1.29 is 14.0 Å². The van der Waals surface area contributed by atoms with Crippen molar-refractivity contribution in [1.29, 1.82) is 0 Å². The summed E-state index contributed by atoms with van der Waals surface area (Å²) in [7, 11) is 0. The first-order chi connectivity index (χ1) is 18.3. The van der Waals surface area contributed by atoms with E-state index in [1.807, 2.05) is 0 Å². The van der Waals surface area contributed by atoms with E-state index in [0.29, 0.717) is 35.8 Å². The molecule has 0 N–H and O–H groups in total. The minimum absolute atomic E-state index is 0.0888. The molecule has 8 rings (SSSR count). The predicted octanol–water partition coefficient (Wildman–Crippen LogP) is 7.51. The van der Waals surface area contributed by atoms with Crippen LogP contribution >= 0.6 is 0 Å². The van der Waals surface area contributed by atoms with Crippen molar-refractivity contribution in [2.45, 2.75) is 117 Å². The Hall–Kier alpha value is -1.39. The van der Waals surface area contributed by atoms with E-state index in [0.717, 1.165) is 13.2 Å². The van der Waals surface area contributed by atoms with Gasteiger partial charge in [-0.25, -0.2) is 9.13 Å². The summed E-state index contributed by atoms with van der Waals surface area (Å²) in [6.45, 7) is 22.0. The highest BCUT2D eigenvalue weighted by molar-refractivity contribution is 5.72. The van der Waals surface area contributed by atoms with Crippen LogP contribution in [0.25, 0.3) is 11.0 Å². The molecule has 39 heavy (non-hydrogen) atoms. The third kappa shape index (κ3) is 2.53. The Morgan fingerprint density at radius 2 is 1.33 bits per heavy atom. The molecule has 2 saturated heterocycles. The molecule has 0 amide bonds. The van der Waals surface area contributed by atoms with Crippen LogP contribution in [-0.2, 0) is 9.47 Å². The fourth-order valence-corrected chi connectivity index (χ4v) is 12.5. The number of aromatic nitrogens is 2. The second-order valence-corrected chi connectivity index (χ2v) is 16.7. The van der Waals surface area contributed by atoms with Crippen LogP contribution in [0.2, 0.25) is 0 Å². The van der Waals surface area contributed by atoms with Gasteiger partial charge in [-0.3, -0.25) is 0 Å². The monoisotopic (exact) mass is 531 g/mol. The van der Waals surface area contributed by atoms with Gasteiger partial charge in [-0.2, -0.15) is 0 Å². The van der Waals surface area contributed by atoms with Gasteiger partial charge in [0, 0.05) is 22.7 Å². The second-order valence-electron chi connectivity index (χ2n) is 16.7. The molecule has 4 nitrogen and oxygen atoms in total. The molecule has 4 bridgehead atoms. The number of fused-ring (bicyclic) bond motifs is 7. The Morgan fingerprint density at radius 1 is 0.769 bits per heavy atom. The smallest absolute Gasteiger partial charge is 0.245 e. The molecule has 6 aliphatic rings. The van der Waals surface area contributed by atoms with Gasteiger partial charge in [0.05, 0.1) is 13.2 Å². The first kappa shape index (κ1) is 25.3. The Kier molecular flexibility index (Phi) is 4.76. The van der Waals surface area contributed by atoms with Crippen molar-refractivity contribution in [2.75, 3.05) is 13.2 Å². The van der Waals surface area contributed by atoms with E-state index in [-0.39, 0.29) is 32.9 Å². The minimum Gasteiger partial charge on any atom is -0.370 e. The third-order valence-corrected chi connectivity index (χ3v) is 15.0. The van der Waals surface area contributed by atoms with E-state index in [2.05, 4.69) is 95.1 Å². The zero-order chi connectivity index (χ0) is 27.4. The van der Waals surface area contributed by atoms with Gasteiger partial charge in [-0.15, -0.1) is 0 Å². The Morgan fingerprint density at radius 3 is 1.97 bits per heavy atom. The van der Waals surface area contributed by atoms with Gasteiger partial charge in [0.2, 0.25) is 6.33 Å². The Balaban J connectivity index is 1.35. The van der Waals surface area contributed by atoms with E-state index >= 15 is 0 Å². The maximum absolute atomic E-state index is 7.09. The van der Waals surface area contributed by atoms with E-state index in [9.17, 15) is 0 Å². The van der Waals surface area contributed by atoms with Crippen molar-refractivity contribution in [3.8, 4) is 0 Å². The summed E-state index contributed by atoms with van der Waals surface area (Å²) in [5.41, 5.74) is 3.51. The highest BCUT2D eigenvalue weighted by atomic mass is 16.5. The van der Waals surface area contributed by atoms with Crippen molar-refractivity contribution in [1.82, 2.24) is 4.57 Å². The molecule has 2 spiro atoms. The first-order valence-electron chi connectivity index (χ1n) is 16.1. The number of hydrogen-bond acceptors (Lipinski definition) is 2. The number of hydrogen-bond donors (Lipinski definition) is 0. The lowest BCUT2D eigenvalue weighted by Gasteiger charge is -2.47. The van der Waals surface area contributed by atoms with E-state index in [4.69, 9.17) is 9.47 Å². The average Bonchev–Trinajstić information content (AvgIpc) is 3.69. The molecule has 10 atom stereocenters. The van der Waals surface area contributed by atoms with Crippen molar-refractivity contribution in [2.24, 2.45) is 45.3 Å². The van der Waals surface area contributed by atoms with Crippen LogP contribution in [0.1, 0.15) is 106 Å². The van der Waals surface area contributed by atoms with Crippen LogP contribution in [0.3, 0.4) is 0 Å². The van der Waals surface area contributed by atoms with Crippen LogP contribution in [0.15, 0.2) is 30.6 Å². The number of ether oxygens (including phenoxy) is 2. The molecule has 2 aliphatic heterocycles. The van der Waals surface area contributed by atoms with Crippen molar-refractivity contribution in [3.63, 3.8) is 0 Å². The quantitative estimate of drug-likeness (QED) is 0.375. The second kappa shape index (κ2) is 7.33. The lowest BCUT2D eigenvalue weighted by atomic mass is 9.62. The molecule has 1 aromatic carbocycles. The van der Waals surface area contributed by atoms with Gasteiger partial charge in [0.25, 0.3) is 0 Å². The van der Waals surface area contributed by atoms with E-state index in [1.54, 1.807) is 0 Å². The van der Waals surface area contributed by atoms with Gasteiger partial charge < -0.3 is 9.47 Å². The van der Waals surface area contributed by atoms with E-state index in [1.165, 1.54) is 49.6 Å². The molecule has 0 radical (unpaired) electrons. The van der Waals surface area contributed by atoms with Crippen molar-refractivity contribution in [3.05, 3.63) is 30.6 Å². The highest BCUT2D eigenvalue weighted by Crippen LogP contribution is 2.78. The lowest BCUT2D eigenvalue weighted by Crippen LogP contribution is -2.59. The van der Waals surface area contributed by atoms with Crippen LogP contribution in [0, 0.1) is 45.3 Å². The van der Waals surface area contributed by atoms with Crippen LogP contribution < -0.4 is 4.57 Å². The minimum atomic E-state index is -0.0888. The first-order valence-corrected chi connectivity index (χ1v) is 16.1. The normalized spacial score (nSPS) is 50.9. The summed E-state index contributed by atoms with van der Waals surface area (Å²) in [5.74, 6) is 2.50. The van der Waals surface area contributed by atoms with Gasteiger partial charge in [0.1, 0.15) is 23.3 Å². The molecule has 0 unspecified atom stereocenters. The summed E-state index contributed by atoms with van der Waals surface area (Å²) in [5, 5.41) is 0. The summed E-state index contributed by atoms with van der Waals surface area (Å²) in [4.78, 5) is 0.